The van der Waals surface area contributed by atoms with Crippen LogP contribution in [-0.2, 0) is 12.8 Å². The van der Waals surface area contributed by atoms with E-state index in [0.29, 0.717) is 28.0 Å². The Hall–Kier alpha value is -2.78. The molecule has 6 heteroatoms. The van der Waals surface area contributed by atoms with Gasteiger partial charge in [-0.3, -0.25) is 4.57 Å². The van der Waals surface area contributed by atoms with E-state index >= 15 is 0 Å². The number of hydrogen-bond donors (Lipinski definition) is 1. The zero-order valence-corrected chi connectivity index (χ0v) is 24.1. The Kier molecular flexibility index (Phi) is 6.30. The Morgan fingerprint density at radius 1 is 0.971 bits per heavy atom. The average Bonchev–Trinajstić information content (AvgIpc) is 2.99. The molecule has 0 atom stereocenters. The van der Waals surface area contributed by atoms with Gasteiger partial charge >= 0.3 is 0 Å². The fraction of sp³-hybridized carbons (Fsp3) is 0.517. The van der Waals surface area contributed by atoms with Gasteiger partial charge in [-0.1, -0.05) is 41.5 Å². The zero-order chi connectivity index (χ0) is 26.0. The van der Waals surface area contributed by atoms with Crippen LogP contribution in [0.2, 0.25) is 16.6 Å². The van der Waals surface area contributed by atoms with E-state index in [2.05, 4.69) is 61.5 Å². The number of aromatic nitrogens is 2. The Balaban J connectivity index is 2.07. The maximum atomic E-state index is 9.99. The molecule has 0 saturated carbocycles. The SMILES string of the molecule is Cc1cc2c(C#N)c(N)n(-c3c(C)c4c(c(O[Si](C(C)C)(C(C)C)C(C)C)c3C)CC4)c2nc1C. The summed E-state index contributed by atoms with van der Waals surface area (Å²) in [5.41, 5.74) is 17.5. The Bertz CT molecular complexity index is 1350. The minimum Gasteiger partial charge on any atom is -0.542 e. The topological polar surface area (TPSA) is 76.9 Å². The zero-order valence-electron chi connectivity index (χ0n) is 23.1. The predicted molar refractivity (Wildman–Crippen MR) is 148 cm³/mol. The third-order valence-electron chi connectivity index (χ3n) is 8.51. The number of nitriles is 1. The molecule has 5 nitrogen and oxygen atoms in total. The van der Waals surface area contributed by atoms with Gasteiger partial charge in [0.05, 0.1) is 5.69 Å². The van der Waals surface area contributed by atoms with Gasteiger partial charge in [-0.2, -0.15) is 5.26 Å². The summed E-state index contributed by atoms with van der Waals surface area (Å²) < 4.78 is 9.34. The summed E-state index contributed by atoms with van der Waals surface area (Å²) in [5.74, 6) is 1.51. The fourth-order valence-corrected chi connectivity index (χ4v) is 11.9. The lowest BCUT2D eigenvalue weighted by Gasteiger charge is -2.44. The lowest BCUT2D eigenvalue weighted by atomic mass is 9.81. The van der Waals surface area contributed by atoms with Gasteiger partial charge in [0.2, 0.25) is 0 Å². The van der Waals surface area contributed by atoms with E-state index < -0.39 is 8.32 Å². The smallest absolute Gasteiger partial charge is 0.258 e. The number of pyridine rings is 1. The van der Waals surface area contributed by atoms with E-state index in [-0.39, 0.29) is 0 Å². The number of aryl methyl sites for hydroxylation is 2. The van der Waals surface area contributed by atoms with E-state index in [1.54, 1.807) is 0 Å². The standard InChI is InChI=1S/C29H40N4OSi/c1-15(2)35(16(3)4,17(5)6)34-27-20(9)26(19(8)22-11-12-23(22)27)33-28(31)25(14-30)24-13-18(7)21(10)32-29(24)33/h13,15-17H,11-12,31H2,1-10H3. The highest BCUT2D eigenvalue weighted by molar-refractivity contribution is 6.78. The molecule has 1 aliphatic carbocycles. The van der Waals surface area contributed by atoms with Crippen molar-refractivity contribution in [3.05, 3.63) is 45.1 Å². The van der Waals surface area contributed by atoms with Crippen LogP contribution in [0.15, 0.2) is 6.07 Å². The summed E-state index contributed by atoms with van der Waals surface area (Å²) in [6, 6.07) is 4.38. The first-order chi connectivity index (χ1) is 16.4. The van der Waals surface area contributed by atoms with Crippen LogP contribution in [0.3, 0.4) is 0 Å². The molecule has 0 radical (unpaired) electrons. The summed E-state index contributed by atoms with van der Waals surface area (Å²) in [5, 5.41) is 10.8. The molecule has 3 aromatic rings. The van der Waals surface area contributed by atoms with Crippen LogP contribution in [0, 0.1) is 39.0 Å². The summed E-state index contributed by atoms with van der Waals surface area (Å²) in [4.78, 5) is 4.92. The number of fused-ring (bicyclic) bond motifs is 2. The van der Waals surface area contributed by atoms with E-state index in [4.69, 9.17) is 15.1 Å². The predicted octanol–water partition coefficient (Wildman–Crippen LogP) is 7.37. The molecule has 0 bridgehead atoms. The normalized spacial score (nSPS) is 13.5. The molecule has 0 spiro atoms. The molecule has 2 heterocycles. The molecular formula is C29H40N4OSi. The molecule has 1 aliphatic rings. The Labute approximate surface area is 211 Å². The minimum atomic E-state index is -2.16. The molecular weight excluding hydrogens is 448 g/mol. The number of nitrogens with zero attached hydrogens (tertiary/aromatic N) is 3. The first-order valence-corrected chi connectivity index (χ1v) is 15.0. The third kappa shape index (κ3) is 3.50. The average molecular weight is 489 g/mol. The van der Waals surface area contributed by atoms with Crippen molar-refractivity contribution in [1.29, 1.82) is 5.26 Å². The van der Waals surface area contributed by atoms with E-state index in [1.165, 1.54) is 16.7 Å². The first-order valence-electron chi connectivity index (χ1n) is 12.9. The van der Waals surface area contributed by atoms with Crippen molar-refractivity contribution in [3.8, 4) is 17.5 Å². The number of anilines is 1. The van der Waals surface area contributed by atoms with Crippen molar-refractivity contribution in [2.75, 3.05) is 5.73 Å². The van der Waals surface area contributed by atoms with Gasteiger partial charge in [-0.05, 0) is 85.5 Å². The molecule has 2 aromatic heterocycles. The molecule has 0 fully saturated rings. The highest BCUT2D eigenvalue weighted by Gasteiger charge is 2.48. The molecule has 0 amide bonds. The lowest BCUT2D eigenvalue weighted by Crippen LogP contribution is -2.51. The third-order valence-corrected chi connectivity index (χ3v) is 14.5. The maximum absolute atomic E-state index is 9.99. The van der Waals surface area contributed by atoms with Crippen molar-refractivity contribution < 1.29 is 4.43 Å². The molecule has 1 aromatic carbocycles. The van der Waals surface area contributed by atoms with Gasteiger partial charge in [0.15, 0.2) is 0 Å². The van der Waals surface area contributed by atoms with Gasteiger partial charge in [-0.25, -0.2) is 4.98 Å². The molecule has 0 saturated heterocycles. The highest BCUT2D eigenvalue weighted by atomic mass is 28.4. The Morgan fingerprint density at radius 2 is 1.54 bits per heavy atom. The number of nitrogens with two attached hydrogens (primary N) is 1. The van der Waals surface area contributed by atoms with Crippen LogP contribution in [0.25, 0.3) is 16.7 Å². The number of nitrogen functional groups attached to an aromatic ring is 1. The summed E-state index contributed by atoms with van der Waals surface area (Å²) >= 11 is 0. The van der Waals surface area contributed by atoms with Crippen LogP contribution in [0.4, 0.5) is 5.82 Å². The molecule has 0 aliphatic heterocycles. The quantitative estimate of drug-likeness (QED) is 0.368. The molecule has 186 valence electrons. The van der Waals surface area contributed by atoms with Crippen LogP contribution >= 0.6 is 0 Å². The Morgan fingerprint density at radius 3 is 2.03 bits per heavy atom. The first kappa shape index (κ1) is 25.3. The second-order valence-corrected chi connectivity index (χ2v) is 16.6. The van der Waals surface area contributed by atoms with Crippen LogP contribution in [-0.4, -0.2) is 17.9 Å². The molecule has 0 unspecified atom stereocenters. The van der Waals surface area contributed by atoms with Crippen LogP contribution < -0.4 is 10.2 Å². The van der Waals surface area contributed by atoms with Crippen LogP contribution in [0.5, 0.6) is 5.75 Å². The molecule has 2 N–H and O–H groups in total. The van der Waals surface area contributed by atoms with Gasteiger partial charge < -0.3 is 10.2 Å². The second-order valence-electron chi connectivity index (χ2n) is 11.3. The van der Waals surface area contributed by atoms with Crippen molar-refractivity contribution in [2.24, 2.45) is 0 Å². The number of hydrogen-bond acceptors (Lipinski definition) is 4. The fourth-order valence-electron chi connectivity index (χ4n) is 6.56. The van der Waals surface area contributed by atoms with Gasteiger partial charge in [-0.15, -0.1) is 0 Å². The van der Waals surface area contributed by atoms with Crippen molar-refractivity contribution in [1.82, 2.24) is 9.55 Å². The number of rotatable bonds is 6. The second kappa shape index (κ2) is 8.71. The summed E-state index contributed by atoms with van der Waals surface area (Å²) in [7, 11) is -2.16. The minimum absolute atomic E-state index is 0.455. The maximum Gasteiger partial charge on any atom is 0.258 e. The van der Waals surface area contributed by atoms with E-state index in [0.717, 1.165) is 52.1 Å². The van der Waals surface area contributed by atoms with Crippen LogP contribution in [0.1, 0.15) is 80.6 Å². The molecule has 4 rings (SSSR count). The van der Waals surface area contributed by atoms with E-state index in [1.807, 2.05) is 24.5 Å². The summed E-state index contributed by atoms with van der Waals surface area (Å²) in [6.07, 6.45) is 2.09. The molecule has 35 heavy (non-hydrogen) atoms. The van der Waals surface area contributed by atoms with Crippen molar-refractivity contribution in [2.45, 2.75) is 98.7 Å². The van der Waals surface area contributed by atoms with Crippen molar-refractivity contribution >= 4 is 25.2 Å². The largest absolute Gasteiger partial charge is 0.542 e. The van der Waals surface area contributed by atoms with Gasteiger partial charge in [0.25, 0.3) is 8.32 Å². The lowest BCUT2D eigenvalue weighted by molar-refractivity contribution is 0.466. The van der Waals surface area contributed by atoms with Gasteiger partial charge in [0, 0.05) is 16.6 Å². The highest BCUT2D eigenvalue weighted by Crippen LogP contribution is 2.49. The van der Waals surface area contributed by atoms with E-state index in [9.17, 15) is 5.26 Å². The monoisotopic (exact) mass is 488 g/mol. The summed E-state index contributed by atoms with van der Waals surface area (Å²) in [6.45, 7) is 22.3. The van der Waals surface area contributed by atoms with Crippen molar-refractivity contribution in [3.63, 3.8) is 0 Å². The van der Waals surface area contributed by atoms with Gasteiger partial charge in [0.1, 0.15) is 28.8 Å². The number of benzene rings is 1.